The Labute approximate surface area is 95.6 Å². The highest BCUT2D eigenvalue weighted by Crippen LogP contribution is 2.39. The van der Waals surface area contributed by atoms with Crippen LogP contribution >= 0.6 is 11.3 Å². The molecule has 0 fully saturated rings. The summed E-state index contributed by atoms with van der Waals surface area (Å²) in [6.45, 7) is 0. The Balaban J connectivity index is 2.02. The number of aromatic nitrogens is 1. The zero-order chi connectivity index (χ0) is 11.1. The van der Waals surface area contributed by atoms with Gasteiger partial charge < -0.3 is 9.52 Å². The Bertz CT molecular complexity index is 529. The summed E-state index contributed by atoms with van der Waals surface area (Å²) in [6.07, 6.45) is 3.07. The van der Waals surface area contributed by atoms with Crippen LogP contribution in [0.15, 0.2) is 22.8 Å². The van der Waals surface area contributed by atoms with Gasteiger partial charge in [0.05, 0.1) is 12.0 Å². The lowest BCUT2D eigenvalue weighted by Crippen LogP contribution is -2.08. The molecule has 1 aliphatic rings. The van der Waals surface area contributed by atoms with E-state index in [0.29, 0.717) is 12.2 Å². The molecule has 2 aromatic heterocycles. The Kier molecular flexibility index (Phi) is 2.07. The van der Waals surface area contributed by atoms with Crippen molar-refractivity contribution in [2.24, 2.45) is 0 Å². The number of hydrogen-bond acceptors (Lipinski definition) is 4. The number of aryl methyl sites for hydroxylation is 1. The first kappa shape index (κ1) is 9.59. The Morgan fingerprint density at radius 1 is 1.62 bits per heavy atom. The van der Waals surface area contributed by atoms with Gasteiger partial charge in [-0.05, 0) is 25.0 Å². The van der Waals surface area contributed by atoms with Gasteiger partial charge in [0.2, 0.25) is 0 Å². The first-order valence-corrected chi connectivity index (χ1v) is 5.83. The van der Waals surface area contributed by atoms with Crippen molar-refractivity contribution in [3.63, 3.8) is 0 Å². The van der Waals surface area contributed by atoms with Gasteiger partial charge in [-0.15, -0.1) is 11.3 Å². The molecule has 1 aliphatic carbocycles. The van der Waals surface area contributed by atoms with Gasteiger partial charge in [-0.2, -0.15) is 0 Å². The fourth-order valence-electron chi connectivity index (χ4n) is 1.97. The van der Waals surface area contributed by atoms with Crippen LogP contribution in [0.4, 0.5) is 0 Å². The SMILES string of the molecule is O=C(O)C1CCc2sc(-c3ccco3)nc21. The molecule has 2 aromatic rings. The largest absolute Gasteiger partial charge is 0.481 e. The highest BCUT2D eigenvalue weighted by molar-refractivity contribution is 7.15. The van der Waals surface area contributed by atoms with Crippen molar-refractivity contribution in [2.75, 3.05) is 0 Å². The maximum Gasteiger partial charge on any atom is 0.312 e. The minimum Gasteiger partial charge on any atom is -0.481 e. The van der Waals surface area contributed by atoms with Crippen LogP contribution in [0.3, 0.4) is 0 Å². The van der Waals surface area contributed by atoms with Crippen molar-refractivity contribution in [2.45, 2.75) is 18.8 Å². The maximum atomic E-state index is 11.0. The predicted molar refractivity (Wildman–Crippen MR) is 58.5 cm³/mol. The zero-order valence-electron chi connectivity index (χ0n) is 8.34. The number of aliphatic carboxylic acids is 1. The second kappa shape index (κ2) is 3.45. The van der Waals surface area contributed by atoms with Crippen molar-refractivity contribution >= 4 is 17.3 Å². The van der Waals surface area contributed by atoms with Gasteiger partial charge in [0.15, 0.2) is 10.8 Å². The predicted octanol–water partition coefficient (Wildman–Crippen LogP) is 2.52. The molecule has 1 unspecified atom stereocenters. The number of carboxylic acids is 1. The highest BCUT2D eigenvalue weighted by Gasteiger charge is 2.32. The molecule has 4 nitrogen and oxygen atoms in total. The minimum absolute atomic E-state index is 0.435. The van der Waals surface area contributed by atoms with Crippen LogP contribution in [0.2, 0.25) is 0 Å². The maximum absolute atomic E-state index is 11.0. The molecule has 1 N–H and O–H groups in total. The number of furan rings is 1. The fraction of sp³-hybridized carbons (Fsp3) is 0.273. The second-order valence-electron chi connectivity index (χ2n) is 3.73. The molecule has 0 aliphatic heterocycles. The molecular weight excluding hydrogens is 226 g/mol. The van der Waals surface area contributed by atoms with Crippen LogP contribution in [-0.4, -0.2) is 16.1 Å². The number of carbonyl (C=O) groups is 1. The summed E-state index contributed by atoms with van der Waals surface area (Å²) in [7, 11) is 0. The molecule has 0 bridgehead atoms. The lowest BCUT2D eigenvalue weighted by atomic mass is 10.1. The lowest BCUT2D eigenvalue weighted by Gasteiger charge is -2.00. The van der Waals surface area contributed by atoms with E-state index < -0.39 is 11.9 Å². The van der Waals surface area contributed by atoms with Crippen molar-refractivity contribution in [3.05, 3.63) is 29.0 Å². The van der Waals surface area contributed by atoms with E-state index in [1.807, 2.05) is 6.07 Å². The summed E-state index contributed by atoms with van der Waals surface area (Å²) in [5.41, 5.74) is 0.726. The molecule has 3 rings (SSSR count). The quantitative estimate of drug-likeness (QED) is 0.868. The van der Waals surface area contributed by atoms with Gasteiger partial charge in [-0.25, -0.2) is 4.98 Å². The third-order valence-electron chi connectivity index (χ3n) is 2.75. The van der Waals surface area contributed by atoms with Gasteiger partial charge in [-0.3, -0.25) is 4.79 Å². The lowest BCUT2D eigenvalue weighted by molar-refractivity contribution is -0.138. The standard InChI is InChI=1S/C11H9NO3S/c13-11(14)6-3-4-8-9(6)12-10(16-8)7-2-1-5-15-7/h1-2,5-6H,3-4H2,(H,13,14). The Hall–Kier alpha value is -1.62. The monoisotopic (exact) mass is 235 g/mol. The van der Waals surface area contributed by atoms with E-state index in [4.69, 9.17) is 9.52 Å². The molecule has 0 aromatic carbocycles. The fourth-order valence-corrected chi connectivity index (χ4v) is 3.08. The smallest absolute Gasteiger partial charge is 0.312 e. The Morgan fingerprint density at radius 2 is 2.50 bits per heavy atom. The summed E-state index contributed by atoms with van der Waals surface area (Å²) in [4.78, 5) is 16.5. The van der Waals surface area contributed by atoms with Crippen LogP contribution in [0.5, 0.6) is 0 Å². The summed E-state index contributed by atoms with van der Waals surface area (Å²) in [5.74, 6) is -0.506. The van der Waals surface area contributed by atoms with Gasteiger partial charge in [0.25, 0.3) is 0 Å². The van der Waals surface area contributed by atoms with E-state index in [2.05, 4.69) is 4.98 Å². The molecule has 5 heteroatoms. The van der Waals surface area contributed by atoms with Crippen molar-refractivity contribution < 1.29 is 14.3 Å². The first-order valence-electron chi connectivity index (χ1n) is 5.02. The van der Waals surface area contributed by atoms with Crippen molar-refractivity contribution in [3.8, 4) is 10.8 Å². The molecule has 0 amide bonds. The van der Waals surface area contributed by atoms with Crippen LogP contribution in [0.1, 0.15) is 22.9 Å². The van der Waals surface area contributed by atoms with Crippen LogP contribution in [-0.2, 0) is 11.2 Å². The number of nitrogens with zero attached hydrogens (tertiary/aromatic N) is 1. The highest BCUT2D eigenvalue weighted by atomic mass is 32.1. The second-order valence-corrected chi connectivity index (χ2v) is 4.82. The number of thiazole rings is 1. The molecule has 1 atom stereocenters. The molecule has 82 valence electrons. The molecule has 0 saturated carbocycles. The molecule has 0 spiro atoms. The molecule has 0 radical (unpaired) electrons. The van der Waals surface area contributed by atoms with Gasteiger partial charge in [-0.1, -0.05) is 0 Å². The van der Waals surface area contributed by atoms with E-state index in [1.54, 1.807) is 12.3 Å². The molecule has 16 heavy (non-hydrogen) atoms. The summed E-state index contributed by atoms with van der Waals surface area (Å²) in [5, 5.41) is 9.82. The molecule has 2 heterocycles. The van der Waals surface area contributed by atoms with Gasteiger partial charge >= 0.3 is 5.97 Å². The molecular formula is C11H9NO3S. The van der Waals surface area contributed by atoms with E-state index in [0.717, 1.165) is 22.0 Å². The number of fused-ring (bicyclic) bond motifs is 1. The minimum atomic E-state index is -0.782. The summed E-state index contributed by atoms with van der Waals surface area (Å²) >= 11 is 1.53. The van der Waals surface area contributed by atoms with Crippen molar-refractivity contribution in [1.82, 2.24) is 4.98 Å². The van der Waals surface area contributed by atoms with Crippen LogP contribution < -0.4 is 0 Å². The van der Waals surface area contributed by atoms with Gasteiger partial charge in [0.1, 0.15) is 5.92 Å². The van der Waals surface area contributed by atoms with E-state index >= 15 is 0 Å². The average Bonchev–Trinajstić information content (AvgIpc) is 2.92. The topological polar surface area (TPSA) is 63.3 Å². The van der Waals surface area contributed by atoms with E-state index in [1.165, 1.54) is 11.3 Å². The summed E-state index contributed by atoms with van der Waals surface area (Å²) in [6, 6.07) is 3.64. The average molecular weight is 235 g/mol. The first-order chi connectivity index (χ1) is 7.75. The van der Waals surface area contributed by atoms with E-state index in [9.17, 15) is 4.79 Å². The number of rotatable bonds is 2. The number of hydrogen-bond donors (Lipinski definition) is 1. The Morgan fingerprint density at radius 3 is 3.19 bits per heavy atom. The van der Waals surface area contributed by atoms with Crippen molar-refractivity contribution in [1.29, 1.82) is 0 Å². The van der Waals surface area contributed by atoms with Crippen LogP contribution in [0, 0.1) is 0 Å². The zero-order valence-corrected chi connectivity index (χ0v) is 9.16. The third kappa shape index (κ3) is 1.36. The van der Waals surface area contributed by atoms with Gasteiger partial charge in [0, 0.05) is 4.88 Å². The van der Waals surface area contributed by atoms with E-state index in [-0.39, 0.29) is 0 Å². The normalized spacial score (nSPS) is 18.6. The number of carboxylic acid groups (broad SMARTS) is 1. The third-order valence-corrected chi connectivity index (χ3v) is 3.89. The summed E-state index contributed by atoms with van der Waals surface area (Å²) < 4.78 is 5.25. The van der Waals surface area contributed by atoms with Crippen LogP contribution in [0.25, 0.3) is 10.8 Å². The molecule has 0 saturated heterocycles.